The molecule has 4 rings (SSSR count). The summed E-state index contributed by atoms with van der Waals surface area (Å²) in [6.45, 7) is 4.19. The molecular formula is C19H15BN2. The van der Waals surface area contributed by atoms with E-state index in [-0.39, 0.29) is 0 Å². The van der Waals surface area contributed by atoms with E-state index in [0.29, 0.717) is 0 Å². The minimum Gasteiger partial charge on any atom is -0.294 e. The predicted molar refractivity (Wildman–Crippen MR) is 93.4 cm³/mol. The number of aryl methyl sites for hydroxylation is 2. The molecule has 0 saturated carbocycles. The standard InChI is InChI=1S/C19H15BN2/c1-12-9-19(21-11-13(12)2)22-17-6-4-3-5-15(17)16-8-7-14(20)10-18(16)22/h3-11H,1-2H3. The third-order valence-corrected chi connectivity index (χ3v) is 4.28. The van der Waals surface area contributed by atoms with Gasteiger partial charge in [-0.15, -0.1) is 0 Å². The summed E-state index contributed by atoms with van der Waals surface area (Å²) in [7, 11) is 6.01. The van der Waals surface area contributed by atoms with Gasteiger partial charge in [0.05, 0.1) is 11.0 Å². The highest BCUT2D eigenvalue weighted by Crippen LogP contribution is 2.30. The molecule has 22 heavy (non-hydrogen) atoms. The lowest BCUT2D eigenvalue weighted by Crippen LogP contribution is -2.03. The van der Waals surface area contributed by atoms with Crippen LogP contribution < -0.4 is 5.46 Å². The van der Waals surface area contributed by atoms with Crippen LogP contribution in [0.4, 0.5) is 0 Å². The molecule has 0 aliphatic carbocycles. The van der Waals surface area contributed by atoms with Gasteiger partial charge >= 0.3 is 0 Å². The zero-order chi connectivity index (χ0) is 15.3. The lowest BCUT2D eigenvalue weighted by Gasteiger charge is -2.09. The van der Waals surface area contributed by atoms with Gasteiger partial charge in [-0.05, 0) is 43.2 Å². The molecule has 104 valence electrons. The summed E-state index contributed by atoms with van der Waals surface area (Å²) in [5.41, 5.74) is 5.44. The van der Waals surface area contributed by atoms with Crippen LogP contribution in [0.5, 0.6) is 0 Å². The maximum Gasteiger partial charge on any atom is 0.137 e. The maximum atomic E-state index is 6.01. The summed E-state index contributed by atoms with van der Waals surface area (Å²) >= 11 is 0. The molecule has 2 heterocycles. The number of aromatic nitrogens is 2. The van der Waals surface area contributed by atoms with Crippen LogP contribution in [0.1, 0.15) is 11.1 Å². The van der Waals surface area contributed by atoms with Crippen LogP contribution >= 0.6 is 0 Å². The third-order valence-electron chi connectivity index (χ3n) is 4.28. The molecule has 2 aromatic carbocycles. The minimum absolute atomic E-state index is 0.764. The van der Waals surface area contributed by atoms with Gasteiger partial charge in [0.15, 0.2) is 0 Å². The molecule has 0 atom stereocenters. The van der Waals surface area contributed by atoms with Gasteiger partial charge in [0.2, 0.25) is 0 Å². The molecule has 0 spiro atoms. The SMILES string of the molecule is [B]c1ccc2c3ccccc3n(-c3cc(C)c(C)cn3)c2c1. The maximum absolute atomic E-state index is 6.01. The number of nitrogens with zero attached hydrogens (tertiary/aromatic N) is 2. The summed E-state index contributed by atoms with van der Waals surface area (Å²) < 4.78 is 2.19. The molecule has 3 heteroatoms. The van der Waals surface area contributed by atoms with E-state index in [2.05, 4.69) is 59.8 Å². The highest BCUT2D eigenvalue weighted by molar-refractivity contribution is 6.33. The van der Waals surface area contributed by atoms with E-state index >= 15 is 0 Å². The zero-order valence-electron chi connectivity index (χ0n) is 12.7. The third kappa shape index (κ3) is 1.86. The summed E-state index contributed by atoms with van der Waals surface area (Å²) in [4.78, 5) is 4.63. The van der Waals surface area contributed by atoms with Crippen molar-refractivity contribution in [2.45, 2.75) is 13.8 Å². The molecule has 2 aromatic heterocycles. The molecule has 0 amide bonds. The van der Waals surface area contributed by atoms with Crippen molar-refractivity contribution < 1.29 is 0 Å². The molecule has 0 aliphatic heterocycles. The van der Waals surface area contributed by atoms with Gasteiger partial charge < -0.3 is 0 Å². The molecule has 0 fully saturated rings. The molecule has 0 unspecified atom stereocenters. The molecule has 2 nitrogen and oxygen atoms in total. The Hall–Kier alpha value is -2.55. The Balaban J connectivity index is 2.18. The van der Waals surface area contributed by atoms with Gasteiger partial charge in [0.1, 0.15) is 13.7 Å². The van der Waals surface area contributed by atoms with Crippen LogP contribution in [0.15, 0.2) is 54.7 Å². The Morgan fingerprint density at radius 3 is 2.45 bits per heavy atom. The fourth-order valence-corrected chi connectivity index (χ4v) is 2.97. The highest BCUT2D eigenvalue weighted by Gasteiger charge is 2.12. The monoisotopic (exact) mass is 282 g/mol. The van der Waals surface area contributed by atoms with Crippen molar-refractivity contribution in [3.05, 3.63) is 65.9 Å². The van der Waals surface area contributed by atoms with Gasteiger partial charge in [0, 0.05) is 17.0 Å². The second-order valence-electron chi connectivity index (χ2n) is 5.76. The van der Waals surface area contributed by atoms with E-state index in [1.165, 1.54) is 21.9 Å². The van der Waals surface area contributed by atoms with Gasteiger partial charge in [-0.3, -0.25) is 4.57 Å². The Morgan fingerprint density at radius 1 is 0.864 bits per heavy atom. The molecule has 0 N–H and O–H groups in total. The van der Waals surface area contributed by atoms with Crippen LogP contribution in [0.2, 0.25) is 0 Å². The number of rotatable bonds is 1. The zero-order valence-corrected chi connectivity index (χ0v) is 12.7. The summed E-state index contributed by atoms with van der Waals surface area (Å²) in [6, 6.07) is 16.6. The number of pyridine rings is 1. The smallest absolute Gasteiger partial charge is 0.137 e. The number of para-hydroxylation sites is 1. The quantitative estimate of drug-likeness (QED) is 0.488. The van der Waals surface area contributed by atoms with Gasteiger partial charge in [0.25, 0.3) is 0 Å². The first-order chi connectivity index (χ1) is 10.6. The van der Waals surface area contributed by atoms with E-state index in [1.807, 2.05) is 18.3 Å². The fourth-order valence-electron chi connectivity index (χ4n) is 2.97. The van der Waals surface area contributed by atoms with Crippen LogP contribution in [-0.4, -0.2) is 17.4 Å². The van der Waals surface area contributed by atoms with Crippen molar-refractivity contribution in [3.8, 4) is 5.82 Å². The van der Waals surface area contributed by atoms with Gasteiger partial charge in [-0.25, -0.2) is 4.98 Å². The number of fused-ring (bicyclic) bond motifs is 3. The molecular weight excluding hydrogens is 267 g/mol. The largest absolute Gasteiger partial charge is 0.294 e. The second-order valence-corrected chi connectivity index (χ2v) is 5.76. The Labute approximate surface area is 130 Å². The first-order valence-corrected chi connectivity index (χ1v) is 7.37. The molecule has 4 aromatic rings. The normalized spacial score (nSPS) is 11.4. The topological polar surface area (TPSA) is 17.8 Å². The second kappa shape index (κ2) is 4.74. The Morgan fingerprint density at radius 2 is 1.64 bits per heavy atom. The van der Waals surface area contributed by atoms with Crippen molar-refractivity contribution in [2.24, 2.45) is 0 Å². The molecule has 0 saturated heterocycles. The Bertz CT molecular complexity index is 1010. The van der Waals surface area contributed by atoms with E-state index in [0.717, 1.165) is 22.3 Å². The van der Waals surface area contributed by atoms with Crippen LogP contribution in [0.3, 0.4) is 0 Å². The van der Waals surface area contributed by atoms with Crippen molar-refractivity contribution >= 4 is 35.1 Å². The van der Waals surface area contributed by atoms with Gasteiger partial charge in [-0.2, -0.15) is 0 Å². The number of hydrogen-bond donors (Lipinski definition) is 0. The molecule has 0 bridgehead atoms. The summed E-state index contributed by atoms with van der Waals surface area (Å²) in [5, 5.41) is 2.42. The predicted octanol–water partition coefficient (Wildman–Crippen LogP) is 3.59. The lowest BCUT2D eigenvalue weighted by atomic mass is 9.95. The van der Waals surface area contributed by atoms with Gasteiger partial charge in [-0.1, -0.05) is 35.8 Å². The number of hydrogen-bond acceptors (Lipinski definition) is 1. The summed E-state index contributed by atoms with van der Waals surface area (Å²) in [6.07, 6.45) is 1.93. The average Bonchev–Trinajstić information content (AvgIpc) is 2.83. The van der Waals surface area contributed by atoms with E-state index in [4.69, 9.17) is 7.85 Å². The van der Waals surface area contributed by atoms with Crippen LogP contribution in [0, 0.1) is 13.8 Å². The minimum atomic E-state index is 0.764. The lowest BCUT2D eigenvalue weighted by molar-refractivity contribution is 1.06. The first-order valence-electron chi connectivity index (χ1n) is 7.37. The van der Waals surface area contributed by atoms with Crippen molar-refractivity contribution in [3.63, 3.8) is 0 Å². The fraction of sp³-hybridized carbons (Fsp3) is 0.105. The summed E-state index contributed by atoms with van der Waals surface area (Å²) in [5.74, 6) is 0.930. The van der Waals surface area contributed by atoms with Crippen molar-refractivity contribution in [1.82, 2.24) is 9.55 Å². The molecule has 2 radical (unpaired) electrons. The van der Waals surface area contributed by atoms with Crippen molar-refractivity contribution in [1.29, 1.82) is 0 Å². The number of benzene rings is 2. The van der Waals surface area contributed by atoms with Crippen molar-refractivity contribution in [2.75, 3.05) is 0 Å². The highest BCUT2D eigenvalue weighted by atomic mass is 15.1. The van der Waals surface area contributed by atoms with Crippen LogP contribution in [-0.2, 0) is 0 Å². The Kier molecular flexibility index (Phi) is 2.83. The van der Waals surface area contributed by atoms with E-state index in [1.54, 1.807) is 0 Å². The van der Waals surface area contributed by atoms with E-state index in [9.17, 15) is 0 Å². The average molecular weight is 282 g/mol. The molecule has 0 aliphatic rings. The van der Waals surface area contributed by atoms with Crippen LogP contribution in [0.25, 0.3) is 27.6 Å². The first kappa shape index (κ1) is 13.1. The van der Waals surface area contributed by atoms with E-state index < -0.39 is 0 Å².